The lowest BCUT2D eigenvalue weighted by atomic mass is 10.1. The molecular formula is C17H19NO3. The molecule has 4 nitrogen and oxygen atoms in total. The summed E-state index contributed by atoms with van der Waals surface area (Å²) in [5.41, 5.74) is 1.46. The summed E-state index contributed by atoms with van der Waals surface area (Å²) in [6.45, 7) is 0.645. The van der Waals surface area contributed by atoms with Crippen molar-refractivity contribution in [2.24, 2.45) is 0 Å². The number of hydrogen-bond acceptors (Lipinski definition) is 3. The first-order valence-corrected chi connectivity index (χ1v) is 7.17. The van der Waals surface area contributed by atoms with Crippen molar-refractivity contribution in [3.05, 3.63) is 70.3 Å². The predicted molar refractivity (Wildman–Crippen MR) is 82.6 cm³/mol. The highest BCUT2D eigenvalue weighted by molar-refractivity contribution is 5.35. The Morgan fingerprint density at radius 3 is 2.29 bits per heavy atom. The minimum atomic E-state index is -0.409. The van der Waals surface area contributed by atoms with Crippen LogP contribution in [-0.2, 0) is 6.42 Å². The third-order valence-corrected chi connectivity index (χ3v) is 3.27. The first-order chi connectivity index (χ1) is 10.3. The number of benzene rings is 2. The van der Waals surface area contributed by atoms with E-state index < -0.39 is 4.92 Å². The second-order valence-electron chi connectivity index (χ2n) is 4.90. The Morgan fingerprint density at radius 2 is 1.62 bits per heavy atom. The number of unbranched alkanes of at least 4 members (excludes halogenated alkanes) is 2. The molecule has 0 unspecified atom stereocenters. The van der Waals surface area contributed by atoms with Crippen LogP contribution in [0, 0.1) is 10.1 Å². The van der Waals surface area contributed by atoms with Gasteiger partial charge in [0.2, 0.25) is 0 Å². The third kappa shape index (κ3) is 5.26. The fourth-order valence-electron chi connectivity index (χ4n) is 2.11. The number of ether oxygens (including phenoxy) is 1. The van der Waals surface area contributed by atoms with Crippen LogP contribution in [0.15, 0.2) is 54.6 Å². The van der Waals surface area contributed by atoms with Gasteiger partial charge in [0.15, 0.2) is 0 Å². The molecule has 2 aromatic carbocycles. The van der Waals surface area contributed by atoms with Gasteiger partial charge >= 0.3 is 0 Å². The molecule has 0 radical (unpaired) electrons. The average molecular weight is 285 g/mol. The van der Waals surface area contributed by atoms with Crippen LogP contribution >= 0.6 is 0 Å². The summed E-state index contributed by atoms with van der Waals surface area (Å²) < 4.78 is 5.57. The summed E-state index contributed by atoms with van der Waals surface area (Å²) in [5.74, 6) is 0.684. The molecule has 0 spiro atoms. The minimum Gasteiger partial charge on any atom is -0.494 e. The minimum absolute atomic E-state index is 0.0882. The Bertz CT molecular complexity index is 552. The van der Waals surface area contributed by atoms with Crippen molar-refractivity contribution in [2.75, 3.05) is 6.61 Å². The number of aryl methyl sites for hydroxylation is 1. The molecule has 0 bridgehead atoms. The van der Waals surface area contributed by atoms with E-state index in [2.05, 4.69) is 24.3 Å². The number of rotatable bonds is 8. The Morgan fingerprint density at radius 1 is 0.905 bits per heavy atom. The Labute approximate surface area is 124 Å². The van der Waals surface area contributed by atoms with E-state index >= 15 is 0 Å². The van der Waals surface area contributed by atoms with Crippen molar-refractivity contribution in [2.45, 2.75) is 25.7 Å². The molecule has 0 saturated carbocycles. The quantitative estimate of drug-likeness (QED) is 0.410. The second-order valence-corrected chi connectivity index (χ2v) is 4.90. The van der Waals surface area contributed by atoms with Gasteiger partial charge in [-0.1, -0.05) is 30.3 Å². The summed E-state index contributed by atoms with van der Waals surface area (Å²) in [6.07, 6.45) is 4.34. The van der Waals surface area contributed by atoms with Gasteiger partial charge in [0.05, 0.1) is 11.5 Å². The largest absolute Gasteiger partial charge is 0.494 e. The van der Waals surface area contributed by atoms with Gasteiger partial charge in [0.1, 0.15) is 5.75 Å². The zero-order valence-electron chi connectivity index (χ0n) is 11.9. The predicted octanol–water partition coefficient (Wildman–Crippen LogP) is 4.39. The molecule has 21 heavy (non-hydrogen) atoms. The van der Waals surface area contributed by atoms with E-state index in [1.165, 1.54) is 17.7 Å². The van der Waals surface area contributed by atoms with Gasteiger partial charge in [0.25, 0.3) is 5.69 Å². The first kappa shape index (κ1) is 15.0. The highest BCUT2D eigenvalue weighted by Gasteiger charge is 2.03. The number of nitrogens with zero attached hydrogens (tertiary/aromatic N) is 1. The van der Waals surface area contributed by atoms with Crippen LogP contribution in [0.1, 0.15) is 24.8 Å². The van der Waals surface area contributed by atoms with E-state index in [0.717, 1.165) is 25.7 Å². The van der Waals surface area contributed by atoms with Crippen molar-refractivity contribution in [3.63, 3.8) is 0 Å². The van der Waals surface area contributed by atoms with Crippen LogP contribution in [0.2, 0.25) is 0 Å². The molecule has 0 fully saturated rings. The molecular weight excluding hydrogens is 266 g/mol. The zero-order chi connectivity index (χ0) is 14.9. The topological polar surface area (TPSA) is 52.4 Å². The lowest BCUT2D eigenvalue weighted by Gasteiger charge is -2.06. The molecule has 0 atom stereocenters. The van der Waals surface area contributed by atoms with Gasteiger partial charge in [-0.2, -0.15) is 0 Å². The van der Waals surface area contributed by atoms with Crippen molar-refractivity contribution in [1.82, 2.24) is 0 Å². The summed E-state index contributed by atoms with van der Waals surface area (Å²) in [4.78, 5) is 10.1. The van der Waals surface area contributed by atoms with Crippen molar-refractivity contribution >= 4 is 5.69 Å². The third-order valence-electron chi connectivity index (χ3n) is 3.27. The highest BCUT2D eigenvalue weighted by Crippen LogP contribution is 2.17. The van der Waals surface area contributed by atoms with Gasteiger partial charge in [-0.25, -0.2) is 0 Å². The fourth-order valence-corrected chi connectivity index (χ4v) is 2.11. The standard InChI is InChI=1S/C17H19NO3/c19-18(20)16-10-12-17(13-11-16)21-14-6-2-5-9-15-7-3-1-4-8-15/h1,3-4,7-8,10-13H,2,5-6,9,14H2. The van der Waals surface area contributed by atoms with Crippen LogP contribution in [0.4, 0.5) is 5.69 Å². The van der Waals surface area contributed by atoms with E-state index in [1.807, 2.05) is 6.07 Å². The smallest absolute Gasteiger partial charge is 0.269 e. The molecule has 0 aliphatic carbocycles. The average Bonchev–Trinajstić information content (AvgIpc) is 2.52. The van der Waals surface area contributed by atoms with Crippen LogP contribution in [-0.4, -0.2) is 11.5 Å². The molecule has 0 amide bonds. The summed E-state index contributed by atoms with van der Waals surface area (Å²) in [7, 11) is 0. The van der Waals surface area contributed by atoms with Crippen molar-refractivity contribution in [1.29, 1.82) is 0 Å². The van der Waals surface area contributed by atoms with E-state index in [-0.39, 0.29) is 5.69 Å². The van der Waals surface area contributed by atoms with Gasteiger partial charge in [0, 0.05) is 12.1 Å². The SMILES string of the molecule is O=[N+]([O-])c1ccc(OCCCCCc2ccccc2)cc1. The zero-order valence-corrected chi connectivity index (χ0v) is 11.9. The van der Waals surface area contributed by atoms with Crippen molar-refractivity contribution in [3.8, 4) is 5.75 Å². The summed E-state index contributed by atoms with van der Waals surface area (Å²) >= 11 is 0. The van der Waals surface area contributed by atoms with Crippen LogP contribution in [0.25, 0.3) is 0 Å². The molecule has 0 saturated heterocycles. The monoisotopic (exact) mass is 285 g/mol. The maximum atomic E-state index is 10.5. The molecule has 0 heterocycles. The van der Waals surface area contributed by atoms with Crippen LogP contribution < -0.4 is 4.74 Å². The molecule has 0 N–H and O–H groups in total. The second kappa shape index (κ2) is 8.04. The molecule has 110 valence electrons. The highest BCUT2D eigenvalue weighted by atomic mass is 16.6. The maximum Gasteiger partial charge on any atom is 0.269 e. The van der Waals surface area contributed by atoms with Gasteiger partial charge in [-0.15, -0.1) is 0 Å². The normalized spacial score (nSPS) is 10.3. The number of hydrogen-bond donors (Lipinski definition) is 0. The van der Waals surface area contributed by atoms with Gasteiger partial charge < -0.3 is 4.74 Å². The molecule has 2 rings (SSSR count). The van der Waals surface area contributed by atoms with Crippen LogP contribution in [0.3, 0.4) is 0 Å². The number of non-ortho nitro benzene ring substituents is 1. The van der Waals surface area contributed by atoms with Crippen molar-refractivity contribution < 1.29 is 9.66 Å². The molecule has 0 aromatic heterocycles. The Hall–Kier alpha value is -2.36. The van der Waals surface area contributed by atoms with Gasteiger partial charge in [-0.05, 0) is 43.4 Å². The van der Waals surface area contributed by atoms with E-state index in [4.69, 9.17) is 4.74 Å². The summed E-state index contributed by atoms with van der Waals surface area (Å²) in [6, 6.07) is 16.7. The fraction of sp³-hybridized carbons (Fsp3) is 0.294. The van der Waals surface area contributed by atoms with Crippen LogP contribution in [0.5, 0.6) is 5.75 Å². The van der Waals surface area contributed by atoms with E-state index in [0.29, 0.717) is 12.4 Å². The molecule has 0 aliphatic rings. The van der Waals surface area contributed by atoms with E-state index in [1.54, 1.807) is 12.1 Å². The Balaban J connectivity index is 1.60. The lowest BCUT2D eigenvalue weighted by Crippen LogP contribution is -1.98. The molecule has 4 heteroatoms. The number of nitro groups is 1. The van der Waals surface area contributed by atoms with Gasteiger partial charge in [-0.3, -0.25) is 10.1 Å². The first-order valence-electron chi connectivity index (χ1n) is 7.17. The lowest BCUT2D eigenvalue weighted by molar-refractivity contribution is -0.384. The number of nitro benzene ring substituents is 1. The maximum absolute atomic E-state index is 10.5. The van der Waals surface area contributed by atoms with E-state index in [9.17, 15) is 10.1 Å². The Kier molecular flexibility index (Phi) is 5.76. The summed E-state index contributed by atoms with van der Waals surface area (Å²) in [5, 5.41) is 10.5. The molecule has 0 aliphatic heterocycles. The molecule has 2 aromatic rings.